The van der Waals surface area contributed by atoms with Gasteiger partial charge >= 0.3 is 0 Å². The Labute approximate surface area is 354 Å². The summed E-state index contributed by atoms with van der Waals surface area (Å²) in [7, 11) is 0. The van der Waals surface area contributed by atoms with Crippen molar-refractivity contribution in [1.29, 1.82) is 0 Å². The number of hydrogen-bond acceptors (Lipinski definition) is 3. The summed E-state index contributed by atoms with van der Waals surface area (Å²) >= 11 is 0. The van der Waals surface area contributed by atoms with Crippen LogP contribution in [0.1, 0.15) is 0 Å². The maximum Gasteiger partial charge on any atom is 0.164 e. The Morgan fingerprint density at radius 3 is 1.00 bits per heavy atom. The molecule has 0 saturated carbocycles. The van der Waals surface area contributed by atoms with Crippen LogP contribution in [0, 0.1) is 0 Å². The summed E-state index contributed by atoms with van der Waals surface area (Å²) in [6, 6.07) is 81.3. The first-order valence-corrected chi connectivity index (χ1v) is 20.6. The summed E-state index contributed by atoms with van der Waals surface area (Å²) in [6.07, 6.45) is 0. The summed E-state index contributed by atoms with van der Waals surface area (Å²) in [5.74, 6) is 1.88. The van der Waals surface area contributed by atoms with Crippen LogP contribution in [0.3, 0.4) is 0 Å². The Kier molecular flexibility index (Phi) is 9.14. The minimum absolute atomic E-state index is 0.617. The smallest absolute Gasteiger partial charge is 0.164 e. The third-order valence-corrected chi connectivity index (χ3v) is 11.5. The van der Waals surface area contributed by atoms with Gasteiger partial charge in [-0.1, -0.05) is 194 Å². The Morgan fingerprint density at radius 1 is 0.230 bits per heavy atom. The van der Waals surface area contributed by atoms with Crippen LogP contribution >= 0.6 is 0 Å². The van der Waals surface area contributed by atoms with Crippen LogP contribution in [0.25, 0.3) is 106 Å². The van der Waals surface area contributed by atoms with Gasteiger partial charge in [0.2, 0.25) is 0 Å². The highest BCUT2D eigenvalue weighted by molar-refractivity contribution is 6.11. The zero-order valence-corrected chi connectivity index (χ0v) is 33.2. The SMILES string of the molecule is c1ccc(-c2ccc(-c3ccc4c(c3)c3cc(-c5ccccc5)ccc3n4-c3cccc(-c4nc(-c5ccccc5)nc(-c5ccc(-c6ccccc6)cc5)n4)c3)cc2)cc1. The average molecular weight is 779 g/mol. The fraction of sp³-hybridized carbons (Fsp3) is 0. The molecule has 61 heavy (non-hydrogen) atoms. The minimum atomic E-state index is 0.617. The van der Waals surface area contributed by atoms with E-state index in [-0.39, 0.29) is 0 Å². The maximum atomic E-state index is 5.13. The highest BCUT2D eigenvalue weighted by Gasteiger charge is 2.18. The second-order valence-corrected chi connectivity index (χ2v) is 15.3. The molecular weight excluding hydrogens is 741 g/mol. The van der Waals surface area contributed by atoms with E-state index in [9.17, 15) is 0 Å². The minimum Gasteiger partial charge on any atom is -0.309 e. The molecule has 0 amide bonds. The van der Waals surface area contributed by atoms with Crippen molar-refractivity contribution >= 4 is 21.8 Å². The molecule has 0 unspecified atom stereocenters. The van der Waals surface area contributed by atoms with E-state index in [0.29, 0.717) is 17.5 Å². The lowest BCUT2D eigenvalue weighted by Gasteiger charge is -2.12. The van der Waals surface area contributed by atoms with Crippen molar-refractivity contribution in [3.8, 4) is 84.4 Å². The summed E-state index contributed by atoms with van der Waals surface area (Å²) in [6.45, 7) is 0. The summed E-state index contributed by atoms with van der Waals surface area (Å²) in [5, 5.41) is 2.38. The van der Waals surface area contributed by atoms with E-state index in [1.165, 1.54) is 49.7 Å². The van der Waals surface area contributed by atoms with Gasteiger partial charge < -0.3 is 4.57 Å². The number of hydrogen-bond donors (Lipinski definition) is 0. The first-order chi connectivity index (χ1) is 30.2. The van der Waals surface area contributed by atoms with Crippen molar-refractivity contribution in [1.82, 2.24) is 19.5 Å². The zero-order chi connectivity index (χ0) is 40.5. The van der Waals surface area contributed by atoms with Crippen molar-refractivity contribution in [3.63, 3.8) is 0 Å². The van der Waals surface area contributed by atoms with Crippen molar-refractivity contribution < 1.29 is 0 Å². The third-order valence-electron chi connectivity index (χ3n) is 11.5. The molecule has 0 fully saturated rings. The number of aromatic nitrogens is 4. The predicted molar refractivity (Wildman–Crippen MR) is 252 cm³/mol. The lowest BCUT2D eigenvalue weighted by Crippen LogP contribution is -2.01. The van der Waals surface area contributed by atoms with Crippen LogP contribution in [-0.4, -0.2) is 19.5 Å². The fourth-order valence-electron chi connectivity index (χ4n) is 8.35. The summed E-state index contributed by atoms with van der Waals surface area (Å²) < 4.78 is 2.37. The maximum absolute atomic E-state index is 5.13. The average Bonchev–Trinajstić information content (AvgIpc) is 3.68. The van der Waals surface area contributed by atoms with Crippen LogP contribution < -0.4 is 0 Å². The van der Waals surface area contributed by atoms with Crippen LogP contribution in [0.5, 0.6) is 0 Å². The van der Waals surface area contributed by atoms with Crippen LogP contribution in [0.2, 0.25) is 0 Å². The van der Waals surface area contributed by atoms with Crippen LogP contribution in [-0.2, 0) is 0 Å². The Balaban J connectivity index is 1.04. The van der Waals surface area contributed by atoms with Gasteiger partial charge in [0.15, 0.2) is 17.5 Å². The molecule has 2 heterocycles. The number of benzene rings is 9. The number of nitrogens with zero attached hydrogens (tertiary/aromatic N) is 4. The lowest BCUT2D eigenvalue weighted by molar-refractivity contribution is 1.07. The van der Waals surface area contributed by atoms with Gasteiger partial charge in [-0.05, 0) is 80.9 Å². The van der Waals surface area contributed by atoms with Gasteiger partial charge in [-0.25, -0.2) is 15.0 Å². The van der Waals surface area contributed by atoms with Crippen molar-refractivity contribution in [2.24, 2.45) is 0 Å². The van der Waals surface area contributed by atoms with Gasteiger partial charge in [0.05, 0.1) is 11.0 Å². The topological polar surface area (TPSA) is 43.6 Å². The van der Waals surface area contributed by atoms with E-state index < -0.39 is 0 Å². The van der Waals surface area contributed by atoms with Gasteiger partial charge in [0, 0.05) is 33.2 Å². The van der Waals surface area contributed by atoms with E-state index in [2.05, 4.69) is 199 Å². The fourth-order valence-corrected chi connectivity index (χ4v) is 8.35. The second kappa shape index (κ2) is 15.5. The Bertz CT molecular complexity index is 3300. The lowest BCUT2D eigenvalue weighted by atomic mass is 9.98. The van der Waals surface area contributed by atoms with Gasteiger partial charge in [-0.15, -0.1) is 0 Å². The van der Waals surface area contributed by atoms with Crippen LogP contribution in [0.4, 0.5) is 0 Å². The van der Waals surface area contributed by atoms with Gasteiger partial charge in [-0.2, -0.15) is 0 Å². The van der Waals surface area contributed by atoms with Gasteiger partial charge in [0.1, 0.15) is 0 Å². The number of fused-ring (bicyclic) bond motifs is 3. The first-order valence-electron chi connectivity index (χ1n) is 20.6. The highest BCUT2D eigenvalue weighted by atomic mass is 15.0. The molecule has 0 aliphatic heterocycles. The zero-order valence-electron chi connectivity index (χ0n) is 33.2. The highest BCUT2D eigenvalue weighted by Crippen LogP contribution is 2.38. The van der Waals surface area contributed by atoms with Gasteiger partial charge in [0.25, 0.3) is 0 Å². The predicted octanol–water partition coefficient (Wildman–Crippen LogP) is 14.6. The molecule has 0 atom stereocenters. The summed E-state index contributed by atoms with van der Waals surface area (Å²) in [5.41, 5.74) is 15.5. The summed E-state index contributed by atoms with van der Waals surface area (Å²) in [4.78, 5) is 15.2. The molecule has 0 radical (unpaired) electrons. The van der Waals surface area contributed by atoms with E-state index in [1.807, 2.05) is 36.4 Å². The van der Waals surface area contributed by atoms with Crippen molar-refractivity contribution in [2.45, 2.75) is 0 Å². The number of rotatable bonds is 8. The largest absolute Gasteiger partial charge is 0.309 e. The standard InChI is InChI=1S/C57H38N4/c1-5-14-39(15-6-1)42-24-26-44(27-25-42)48-33-35-54-52(38-48)51-37-47(41-18-9-3-10-19-41)32-34-53(51)61(54)50-23-13-22-49(36-50)57-59-55(45-20-11-4-12-21-45)58-56(60-57)46-30-28-43(29-31-46)40-16-7-2-8-17-40/h1-38H. The molecule has 0 aliphatic carbocycles. The van der Waals surface area contributed by atoms with E-state index >= 15 is 0 Å². The van der Waals surface area contributed by atoms with Crippen molar-refractivity contribution in [2.75, 3.05) is 0 Å². The third kappa shape index (κ3) is 6.96. The molecule has 9 aromatic carbocycles. The molecule has 0 bridgehead atoms. The van der Waals surface area contributed by atoms with E-state index in [4.69, 9.17) is 15.0 Å². The molecule has 0 aliphatic rings. The Morgan fingerprint density at radius 2 is 0.541 bits per heavy atom. The molecule has 11 rings (SSSR count). The molecule has 0 spiro atoms. The molecule has 4 nitrogen and oxygen atoms in total. The first kappa shape index (κ1) is 35.9. The monoisotopic (exact) mass is 778 g/mol. The molecule has 11 aromatic rings. The van der Waals surface area contributed by atoms with E-state index in [0.717, 1.165) is 39.0 Å². The quantitative estimate of drug-likeness (QED) is 0.154. The molecular formula is C57H38N4. The molecule has 286 valence electrons. The normalized spacial score (nSPS) is 11.3. The van der Waals surface area contributed by atoms with Gasteiger partial charge in [-0.3, -0.25) is 0 Å². The van der Waals surface area contributed by atoms with Crippen LogP contribution in [0.15, 0.2) is 231 Å². The molecule has 4 heteroatoms. The van der Waals surface area contributed by atoms with Crippen molar-refractivity contribution in [3.05, 3.63) is 231 Å². The second-order valence-electron chi connectivity index (χ2n) is 15.3. The molecule has 2 aromatic heterocycles. The van der Waals surface area contributed by atoms with E-state index in [1.54, 1.807) is 0 Å². The Hall–Kier alpha value is -8.21. The molecule has 0 saturated heterocycles. The molecule has 0 N–H and O–H groups in total.